The molecule has 0 radical (unpaired) electrons. The van der Waals surface area contributed by atoms with E-state index in [4.69, 9.17) is 15.2 Å². The maximum absolute atomic E-state index is 5.61. The molecule has 0 saturated carbocycles. The van der Waals surface area contributed by atoms with Crippen LogP contribution in [0.25, 0.3) is 0 Å². The Bertz CT molecular complexity index is 619. The molecule has 0 saturated heterocycles. The molecule has 6 nitrogen and oxygen atoms in total. The van der Waals surface area contributed by atoms with Gasteiger partial charge in [0.05, 0.1) is 6.10 Å². The van der Waals surface area contributed by atoms with Gasteiger partial charge in [-0.3, -0.25) is 0 Å². The average Bonchev–Trinajstić information content (AvgIpc) is 2.32. The van der Waals surface area contributed by atoms with Gasteiger partial charge in [-0.2, -0.15) is 9.97 Å². The first-order chi connectivity index (χ1) is 9.44. The predicted molar refractivity (Wildman–Crippen MR) is 79.0 cm³/mol. The number of rotatable bonds is 4. The smallest absolute Gasteiger partial charge is 0.330 e. The van der Waals surface area contributed by atoms with Crippen molar-refractivity contribution in [1.82, 2.24) is 15.0 Å². The Labute approximate surface area is 125 Å². The lowest BCUT2D eigenvalue weighted by molar-refractivity contribution is 0.219. The molecule has 0 amide bonds. The molecule has 0 spiro atoms. The largest absolute Gasteiger partial charge is 0.461 e. The van der Waals surface area contributed by atoms with Crippen molar-refractivity contribution in [2.75, 3.05) is 5.73 Å². The van der Waals surface area contributed by atoms with Gasteiger partial charge in [0.15, 0.2) is 0 Å². The average molecular weight is 339 g/mol. The first kappa shape index (κ1) is 14.5. The summed E-state index contributed by atoms with van der Waals surface area (Å²) in [6, 6.07) is 5.82. The summed E-state index contributed by atoms with van der Waals surface area (Å²) in [4.78, 5) is 11.9. The minimum atomic E-state index is -0.0559. The summed E-state index contributed by atoms with van der Waals surface area (Å²) in [5.41, 5.74) is 6.66. The van der Waals surface area contributed by atoms with Crippen LogP contribution in [0.2, 0.25) is 0 Å². The zero-order valence-corrected chi connectivity index (χ0v) is 13.0. The van der Waals surface area contributed by atoms with E-state index in [1.165, 1.54) is 0 Å². The quantitative estimate of drug-likeness (QED) is 0.922. The number of nitrogen functional groups attached to an aromatic ring is 1. The number of hydrogen-bond donors (Lipinski definition) is 1. The lowest BCUT2D eigenvalue weighted by Gasteiger charge is -2.10. The maximum atomic E-state index is 5.61. The first-order valence-corrected chi connectivity index (χ1v) is 6.85. The molecule has 1 aromatic carbocycles. The van der Waals surface area contributed by atoms with Crippen LogP contribution in [0.5, 0.6) is 17.8 Å². The van der Waals surface area contributed by atoms with E-state index in [-0.39, 0.29) is 24.1 Å². The zero-order chi connectivity index (χ0) is 14.7. The minimum absolute atomic E-state index is 0.0551. The third-order valence-electron chi connectivity index (χ3n) is 2.29. The molecule has 0 aliphatic heterocycles. The molecule has 106 valence electrons. The van der Waals surface area contributed by atoms with Gasteiger partial charge in [0.2, 0.25) is 5.95 Å². The maximum Gasteiger partial charge on any atom is 0.330 e. The van der Waals surface area contributed by atoms with Crippen LogP contribution in [-0.4, -0.2) is 21.1 Å². The molecule has 2 aromatic rings. The van der Waals surface area contributed by atoms with Gasteiger partial charge in [-0.1, -0.05) is 15.9 Å². The second-order valence-electron chi connectivity index (χ2n) is 4.44. The van der Waals surface area contributed by atoms with Crippen molar-refractivity contribution in [2.45, 2.75) is 26.9 Å². The Hall–Kier alpha value is -1.89. The molecular weight excluding hydrogens is 324 g/mol. The Morgan fingerprint density at radius 2 is 1.85 bits per heavy atom. The molecule has 0 fully saturated rings. The van der Waals surface area contributed by atoms with Crippen LogP contribution in [-0.2, 0) is 0 Å². The Morgan fingerprint density at radius 3 is 2.50 bits per heavy atom. The third-order valence-corrected chi connectivity index (χ3v) is 3.18. The SMILES string of the molecule is Cc1cc(Oc2nc(N)nc(OC(C)C)n2)ccc1Br. The zero-order valence-electron chi connectivity index (χ0n) is 11.4. The van der Waals surface area contributed by atoms with E-state index in [2.05, 4.69) is 30.9 Å². The number of hydrogen-bond acceptors (Lipinski definition) is 6. The molecule has 0 unspecified atom stereocenters. The van der Waals surface area contributed by atoms with Crippen LogP contribution in [0.4, 0.5) is 5.95 Å². The molecule has 1 heterocycles. The second-order valence-corrected chi connectivity index (χ2v) is 5.29. The fourth-order valence-corrected chi connectivity index (χ4v) is 1.69. The van der Waals surface area contributed by atoms with E-state index in [1.807, 2.05) is 32.9 Å². The fraction of sp³-hybridized carbons (Fsp3) is 0.308. The molecule has 0 atom stereocenters. The van der Waals surface area contributed by atoms with E-state index in [9.17, 15) is 0 Å². The third kappa shape index (κ3) is 3.80. The summed E-state index contributed by atoms with van der Waals surface area (Å²) in [7, 11) is 0. The van der Waals surface area contributed by atoms with Crippen molar-refractivity contribution < 1.29 is 9.47 Å². The molecule has 20 heavy (non-hydrogen) atoms. The van der Waals surface area contributed by atoms with E-state index < -0.39 is 0 Å². The summed E-state index contributed by atoms with van der Waals surface area (Å²) >= 11 is 3.43. The van der Waals surface area contributed by atoms with E-state index in [1.54, 1.807) is 6.07 Å². The van der Waals surface area contributed by atoms with E-state index >= 15 is 0 Å². The number of ether oxygens (including phenoxy) is 2. The van der Waals surface area contributed by atoms with E-state index in [0.717, 1.165) is 10.0 Å². The van der Waals surface area contributed by atoms with Gasteiger partial charge in [0, 0.05) is 4.47 Å². The fourth-order valence-electron chi connectivity index (χ4n) is 1.45. The Balaban J connectivity index is 2.24. The predicted octanol–water partition coefficient (Wildman–Crippen LogP) is 3.10. The van der Waals surface area contributed by atoms with Crippen LogP contribution in [0.1, 0.15) is 19.4 Å². The number of benzene rings is 1. The lowest BCUT2D eigenvalue weighted by Crippen LogP contribution is -2.11. The van der Waals surface area contributed by atoms with Crippen molar-refractivity contribution in [3.8, 4) is 17.8 Å². The second kappa shape index (κ2) is 6.04. The molecule has 1 aromatic heterocycles. The van der Waals surface area contributed by atoms with Crippen molar-refractivity contribution in [1.29, 1.82) is 0 Å². The molecule has 0 bridgehead atoms. The van der Waals surface area contributed by atoms with Crippen molar-refractivity contribution >= 4 is 21.9 Å². The number of aryl methyl sites for hydroxylation is 1. The number of aromatic nitrogens is 3. The minimum Gasteiger partial charge on any atom is -0.461 e. The van der Waals surface area contributed by atoms with Crippen LogP contribution >= 0.6 is 15.9 Å². The molecule has 0 aliphatic carbocycles. The van der Waals surface area contributed by atoms with Gasteiger partial charge in [0.25, 0.3) is 0 Å². The van der Waals surface area contributed by atoms with Gasteiger partial charge in [0.1, 0.15) is 5.75 Å². The molecule has 7 heteroatoms. The highest BCUT2D eigenvalue weighted by Gasteiger charge is 2.09. The molecule has 0 aliphatic rings. The molecule has 2 N–H and O–H groups in total. The monoisotopic (exact) mass is 338 g/mol. The van der Waals surface area contributed by atoms with Crippen LogP contribution in [0, 0.1) is 6.92 Å². The summed E-state index contributed by atoms with van der Waals surface area (Å²) < 4.78 is 12.0. The number of nitrogens with zero attached hydrogens (tertiary/aromatic N) is 3. The summed E-state index contributed by atoms with van der Waals surface area (Å²) in [5, 5.41) is 0. The number of anilines is 1. The summed E-state index contributed by atoms with van der Waals surface area (Å²) in [5.74, 6) is 0.672. The van der Waals surface area contributed by atoms with Gasteiger partial charge in [-0.15, -0.1) is 4.98 Å². The number of nitrogens with two attached hydrogens (primary N) is 1. The van der Waals surface area contributed by atoms with Gasteiger partial charge in [-0.05, 0) is 44.5 Å². The molecule has 2 rings (SSSR count). The van der Waals surface area contributed by atoms with E-state index in [0.29, 0.717) is 5.75 Å². The highest BCUT2D eigenvalue weighted by atomic mass is 79.9. The van der Waals surface area contributed by atoms with Gasteiger partial charge < -0.3 is 15.2 Å². The van der Waals surface area contributed by atoms with Crippen molar-refractivity contribution in [3.63, 3.8) is 0 Å². The van der Waals surface area contributed by atoms with Crippen molar-refractivity contribution in [3.05, 3.63) is 28.2 Å². The van der Waals surface area contributed by atoms with Crippen molar-refractivity contribution in [2.24, 2.45) is 0 Å². The Morgan fingerprint density at radius 1 is 1.15 bits per heavy atom. The standard InChI is InChI=1S/C13H15BrN4O2/c1-7(2)19-12-16-11(15)17-13(18-12)20-9-4-5-10(14)8(3)6-9/h4-7H,1-3H3,(H2,15,16,17,18). The summed E-state index contributed by atoms with van der Waals surface area (Å²) in [6.07, 6.45) is -0.0559. The highest BCUT2D eigenvalue weighted by Crippen LogP contribution is 2.25. The van der Waals surface area contributed by atoms with Gasteiger partial charge in [-0.25, -0.2) is 0 Å². The van der Waals surface area contributed by atoms with Gasteiger partial charge >= 0.3 is 12.0 Å². The molecular formula is C13H15BrN4O2. The van der Waals surface area contributed by atoms with Crippen LogP contribution < -0.4 is 15.2 Å². The topological polar surface area (TPSA) is 83.2 Å². The Kier molecular flexibility index (Phi) is 4.39. The first-order valence-electron chi connectivity index (χ1n) is 6.06. The highest BCUT2D eigenvalue weighted by molar-refractivity contribution is 9.10. The van der Waals surface area contributed by atoms with Crippen LogP contribution in [0.3, 0.4) is 0 Å². The lowest BCUT2D eigenvalue weighted by atomic mass is 10.2. The summed E-state index contributed by atoms with van der Waals surface area (Å²) in [6.45, 7) is 5.71. The normalized spacial score (nSPS) is 10.7. The van der Waals surface area contributed by atoms with Crippen LogP contribution in [0.15, 0.2) is 22.7 Å². The number of halogens is 1.